The van der Waals surface area contributed by atoms with Crippen molar-refractivity contribution in [1.29, 1.82) is 0 Å². The summed E-state index contributed by atoms with van der Waals surface area (Å²) in [5.41, 5.74) is 1.83. The molecule has 0 bridgehead atoms. The summed E-state index contributed by atoms with van der Waals surface area (Å²) in [6, 6.07) is 12.4. The number of rotatable bonds is 3. The van der Waals surface area contributed by atoms with Crippen LogP contribution in [-0.4, -0.2) is 25.2 Å². The van der Waals surface area contributed by atoms with E-state index in [-0.39, 0.29) is 18.6 Å². The van der Waals surface area contributed by atoms with Gasteiger partial charge in [-0.3, -0.25) is 9.59 Å². The molecule has 6 heteroatoms. The molecule has 2 aromatic carbocycles. The van der Waals surface area contributed by atoms with Crippen LogP contribution in [0.15, 0.2) is 42.5 Å². The first-order chi connectivity index (χ1) is 11.7. The van der Waals surface area contributed by atoms with E-state index in [0.29, 0.717) is 35.7 Å². The lowest BCUT2D eigenvalue weighted by Crippen LogP contribution is -2.25. The second kappa shape index (κ2) is 5.88. The van der Waals surface area contributed by atoms with Crippen molar-refractivity contribution in [3.63, 3.8) is 0 Å². The summed E-state index contributed by atoms with van der Waals surface area (Å²) in [4.78, 5) is 26.3. The number of anilines is 2. The summed E-state index contributed by atoms with van der Waals surface area (Å²) in [7, 11) is 0. The molecule has 2 aliphatic heterocycles. The van der Waals surface area contributed by atoms with Crippen LogP contribution >= 0.6 is 0 Å². The number of hydrogen-bond donors (Lipinski definition) is 1. The second-order valence-electron chi connectivity index (χ2n) is 5.69. The molecule has 2 amide bonds. The van der Waals surface area contributed by atoms with Gasteiger partial charge in [0, 0.05) is 18.5 Å². The summed E-state index contributed by atoms with van der Waals surface area (Å²) >= 11 is 0. The third-order valence-electron chi connectivity index (χ3n) is 4.15. The van der Waals surface area contributed by atoms with Gasteiger partial charge >= 0.3 is 0 Å². The second-order valence-corrected chi connectivity index (χ2v) is 5.69. The van der Waals surface area contributed by atoms with E-state index in [9.17, 15) is 9.59 Å². The molecular formula is C18H16N2O4. The summed E-state index contributed by atoms with van der Waals surface area (Å²) in [5, 5.41) is 2.89. The Labute approximate surface area is 139 Å². The van der Waals surface area contributed by atoms with Crippen LogP contribution in [0.5, 0.6) is 11.5 Å². The van der Waals surface area contributed by atoms with Crippen molar-refractivity contribution in [1.82, 2.24) is 0 Å². The van der Waals surface area contributed by atoms with Gasteiger partial charge in [0.05, 0.1) is 11.4 Å². The molecule has 2 heterocycles. The lowest BCUT2D eigenvalue weighted by molar-refractivity contribution is -0.117. The molecular weight excluding hydrogens is 308 g/mol. The zero-order valence-electron chi connectivity index (χ0n) is 13.0. The molecule has 4 rings (SSSR count). The zero-order valence-corrected chi connectivity index (χ0v) is 13.0. The molecule has 2 aromatic rings. The van der Waals surface area contributed by atoms with Gasteiger partial charge < -0.3 is 19.7 Å². The molecule has 0 unspecified atom stereocenters. The third kappa shape index (κ3) is 2.56. The van der Waals surface area contributed by atoms with Crippen molar-refractivity contribution in [2.75, 3.05) is 23.6 Å². The van der Waals surface area contributed by atoms with Crippen LogP contribution in [0.2, 0.25) is 0 Å². The van der Waals surface area contributed by atoms with E-state index in [4.69, 9.17) is 9.47 Å². The van der Waals surface area contributed by atoms with E-state index in [0.717, 1.165) is 12.1 Å². The molecule has 0 radical (unpaired) electrons. The maximum Gasteiger partial charge on any atom is 0.255 e. The molecule has 0 atom stereocenters. The first-order valence-electron chi connectivity index (χ1n) is 7.83. The van der Waals surface area contributed by atoms with E-state index in [1.165, 1.54) is 0 Å². The Morgan fingerprint density at radius 3 is 2.75 bits per heavy atom. The van der Waals surface area contributed by atoms with E-state index >= 15 is 0 Å². The van der Waals surface area contributed by atoms with Gasteiger partial charge in [0.2, 0.25) is 12.7 Å². The highest BCUT2D eigenvalue weighted by molar-refractivity contribution is 6.08. The Kier molecular flexibility index (Phi) is 3.57. The molecule has 1 saturated heterocycles. The largest absolute Gasteiger partial charge is 0.454 e. The topological polar surface area (TPSA) is 67.9 Å². The number of carbonyl (C=O) groups is 2. The molecule has 1 fully saturated rings. The fourth-order valence-corrected chi connectivity index (χ4v) is 2.95. The highest BCUT2D eigenvalue weighted by atomic mass is 16.7. The maximum absolute atomic E-state index is 12.6. The zero-order chi connectivity index (χ0) is 16.5. The predicted octanol–water partition coefficient (Wildman–Crippen LogP) is 2.79. The minimum absolute atomic E-state index is 0.0831. The van der Waals surface area contributed by atoms with Gasteiger partial charge in [0.15, 0.2) is 11.5 Å². The van der Waals surface area contributed by atoms with Crippen LogP contribution in [0.4, 0.5) is 11.4 Å². The number of ether oxygens (including phenoxy) is 2. The smallest absolute Gasteiger partial charge is 0.255 e. The lowest BCUT2D eigenvalue weighted by atomic mass is 10.1. The van der Waals surface area contributed by atoms with Gasteiger partial charge in [0.1, 0.15) is 0 Å². The molecule has 1 N–H and O–H groups in total. The quantitative estimate of drug-likeness (QED) is 0.943. The minimum atomic E-state index is -0.257. The van der Waals surface area contributed by atoms with E-state index < -0.39 is 0 Å². The Balaban J connectivity index is 1.59. The van der Waals surface area contributed by atoms with Crippen LogP contribution < -0.4 is 19.7 Å². The number of fused-ring (bicyclic) bond motifs is 1. The first kappa shape index (κ1) is 14.6. The molecule has 24 heavy (non-hydrogen) atoms. The van der Waals surface area contributed by atoms with Crippen LogP contribution in [-0.2, 0) is 4.79 Å². The fraction of sp³-hybridized carbons (Fsp3) is 0.222. The highest BCUT2D eigenvalue weighted by Crippen LogP contribution is 2.33. The van der Waals surface area contributed by atoms with Crippen LogP contribution in [0.25, 0.3) is 0 Å². The number of para-hydroxylation sites is 2. The Morgan fingerprint density at radius 1 is 1.08 bits per heavy atom. The van der Waals surface area contributed by atoms with Gasteiger partial charge in [-0.1, -0.05) is 12.1 Å². The normalized spacial score (nSPS) is 15.7. The lowest BCUT2D eigenvalue weighted by Gasteiger charge is -2.20. The Morgan fingerprint density at radius 2 is 1.92 bits per heavy atom. The van der Waals surface area contributed by atoms with Crippen LogP contribution in [0.1, 0.15) is 23.2 Å². The van der Waals surface area contributed by atoms with Gasteiger partial charge in [-0.25, -0.2) is 0 Å². The first-order valence-corrected chi connectivity index (χ1v) is 7.83. The average molecular weight is 324 g/mol. The number of hydrogen-bond acceptors (Lipinski definition) is 4. The standard InChI is InChI=1S/C18H16N2O4/c21-17-6-3-9-20(17)14-5-2-1-4-13(14)19-18(22)12-7-8-15-16(10-12)24-11-23-15/h1-2,4-5,7-8,10H,3,6,9,11H2,(H,19,22). The molecule has 0 aliphatic carbocycles. The van der Waals surface area contributed by atoms with Crippen LogP contribution in [0, 0.1) is 0 Å². The molecule has 0 spiro atoms. The summed E-state index contributed by atoms with van der Waals surface area (Å²) in [6.07, 6.45) is 1.38. The number of nitrogens with one attached hydrogen (secondary N) is 1. The number of benzene rings is 2. The summed E-state index contributed by atoms with van der Waals surface area (Å²) in [5.74, 6) is 1.02. The van der Waals surface area contributed by atoms with Gasteiger partial charge in [-0.05, 0) is 36.8 Å². The Bertz CT molecular complexity index is 818. The Hall–Kier alpha value is -3.02. The average Bonchev–Trinajstić information content (AvgIpc) is 3.23. The third-order valence-corrected chi connectivity index (χ3v) is 4.15. The molecule has 0 aromatic heterocycles. The van der Waals surface area contributed by atoms with E-state index in [2.05, 4.69) is 5.32 Å². The maximum atomic E-state index is 12.6. The highest BCUT2D eigenvalue weighted by Gasteiger charge is 2.24. The number of carbonyl (C=O) groups excluding carboxylic acids is 2. The van der Waals surface area contributed by atoms with Gasteiger partial charge in [0.25, 0.3) is 5.91 Å². The van der Waals surface area contributed by atoms with Gasteiger partial charge in [-0.2, -0.15) is 0 Å². The van der Waals surface area contributed by atoms with E-state index in [1.807, 2.05) is 18.2 Å². The minimum Gasteiger partial charge on any atom is -0.454 e. The van der Waals surface area contributed by atoms with Crippen molar-refractivity contribution < 1.29 is 19.1 Å². The predicted molar refractivity (Wildman–Crippen MR) is 88.5 cm³/mol. The SMILES string of the molecule is O=C(Nc1ccccc1N1CCCC1=O)c1ccc2c(c1)OCO2. The van der Waals surface area contributed by atoms with E-state index in [1.54, 1.807) is 29.2 Å². The molecule has 6 nitrogen and oxygen atoms in total. The monoisotopic (exact) mass is 324 g/mol. The van der Waals surface area contributed by atoms with Crippen molar-refractivity contribution >= 4 is 23.2 Å². The van der Waals surface area contributed by atoms with Crippen molar-refractivity contribution in [3.05, 3.63) is 48.0 Å². The van der Waals surface area contributed by atoms with Crippen molar-refractivity contribution in [3.8, 4) is 11.5 Å². The molecule has 2 aliphatic rings. The summed E-state index contributed by atoms with van der Waals surface area (Å²) in [6.45, 7) is 0.843. The van der Waals surface area contributed by atoms with Gasteiger partial charge in [-0.15, -0.1) is 0 Å². The number of nitrogens with zero attached hydrogens (tertiary/aromatic N) is 1. The molecule has 122 valence electrons. The van der Waals surface area contributed by atoms with Crippen molar-refractivity contribution in [2.24, 2.45) is 0 Å². The molecule has 0 saturated carbocycles. The summed E-state index contributed by atoms with van der Waals surface area (Å²) < 4.78 is 10.6. The van der Waals surface area contributed by atoms with Crippen molar-refractivity contribution in [2.45, 2.75) is 12.8 Å². The number of amides is 2. The van der Waals surface area contributed by atoms with Crippen LogP contribution in [0.3, 0.4) is 0 Å². The fourth-order valence-electron chi connectivity index (χ4n) is 2.95.